The number of anilines is 4. The van der Waals surface area contributed by atoms with Crippen molar-refractivity contribution in [2.45, 2.75) is 289 Å². The first-order valence-electron chi connectivity index (χ1n) is 35.9. The van der Waals surface area contributed by atoms with Gasteiger partial charge in [-0.1, -0.05) is 322 Å². The number of unbranched alkanes of at least 4 members (excludes halogenated alkanes) is 20. The predicted molar refractivity (Wildman–Crippen MR) is 393 cm³/mol. The molecule has 0 heterocycles. The number of halogens is 2. The fourth-order valence-corrected chi connectivity index (χ4v) is 16.6. The fourth-order valence-electron chi connectivity index (χ4n) is 16.0. The van der Waals surface area contributed by atoms with E-state index in [1.54, 1.807) is 27.8 Å². The Morgan fingerprint density at radius 3 is 1.39 bits per heavy atom. The largest absolute Gasteiger partial charge is 0.335 e. The summed E-state index contributed by atoms with van der Waals surface area (Å²) in [4.78, 5) is 5.27. The summed E-state index contributed by atoms with van der Waals surface area (Å²) in [5.74, 6) is 0.703. The molecule has 0 N–H and O–H groups in total. The highest BCUT2D eigenvalue weighted by Gasteiger charge is 2.53. The van der Waals surface area contributed by atoms with Gasteiger partial charge in [0.25, 0.3) is 0 Å². The molecule has 5 aromatic carbocycles. The summed E-state index contributed by atoms with van der Waals surface area (Å²) in [5.41, 5.74) is 18.8. The number of nitrogens with zero attached hydrogens (tertiary/aromatic N) is 2. The van der Waals surface area contributed by atoms with Crippen molar-refractivity contribution in [1.82, 2.24) is 0 Å². The van der Waals surface area contributed by atoms with Gasteiger partial charge in [0.2, 0.25) is 0 Å². The van der Waals surface area contributed by atoms with Crippen molar-refractivity contribution < 1.29 is 0 Å². The van der Waals surface area contributed by atoms with Crippen LogP contribution in [0.4, 0.5) is 22.7 Å². The predicted octanol–water partition coefficient (Wildman–Crippen LogP) is 27.3. The molecule has 0 saturated heterocycles. The summed E-state index contributed by atoms with van der Waals surface area (Å²) in [6.45, 7) is 23.5. The molecule has 0 fully saturated rings. The topological polar surface area (TPSA) is 6.48 Å². The lowest BCUT2D eigenvalue weighted by molar-refractivity contribution is 0.262. The second kappa shape index (κ2) is 31.8. The molecule has 2 nitrogen and oxygen atoms in total. The van der Waals surface area contributed by atoms with E-state index in [2.05, 4.69) is 250 Å². The zero-order chi connectivity index (χ0) is 62.3. The number of allylic oxidation sites excluding steroid dienone is 5. The molecule has 0 aromatic heterocycles. The number of hydrogen-bond acceptors (Lipinski definition) is 2. The lowest BCUT2D eigenvalue weighted by Gasteiger charge is -2.41. The second-order valence-corrected chi connectivity index (χ2v) is 31.4. The van der Waals surface area contributed by atoms with Crippen LogP contribution >= 0.6 is 31.9 Å². The average molecular weight is 1310 g/mol. The van der Waals surface area contributed by atoms with Crippen molar-refractivity contribution in [3.8, 4) is 11.1 Å². The Labute approximate surface area is 554 Å². The molecule has 4 heteroatoms. The Bertz CT molecular complexity index is 3090. The van der Waals surface area contributed by atoms with E-state index in [0.29, 0.717) is 11.8 Å². The van der Waals surface area contributed by atoms with Crippen LogP contribution in [0.3, 0.4) is 0 Å². The lowest BCUT2D eigenvalue weighted by atomic mass is 9.65. The van der Waals surface area contributed by atoms with Crippen LogP contribution in [0.5, 0.6) is 0 Å². The molecule has 0 aliphatic heterocycles. The van der Waals surface area contributed by atoms with Crippen molar-refractivity contribution in [1.29, 1.82) is 0 Å². The molecule has 9 rings (SSSR count). The van der Waals surface area contributed by atoms with E-state index in [9.17, 15) is 0 Å². The van der Waals surface area contributed by atoms with E-state index in [1.165, 1.54) is 229 Å². The molecule has 3 atom stereocenters. The van der Waals surface area contributed by atoms with Gasteiger partial charge in [-0.2, -0.15) is 0 Å². The molecule has 0 spiro atoms. The normalized spacial score (nSPS) is 18.0. The lowest BCUT2D eigenvalue weighted by Crippen LogP contribution is -2.37. The molecule has 88 heavy (non-hydrogen) atoms. The van der Waals surface area contributed by atoms with Crippen LogP contribution in [0.2, 0.25) is 0 Å². The maximum Gasteiger partial charge on any atom is 0.0560 e. The first-order chi connectivity index (χ1) is 42.6. The first kappa shape index (κ1) is 68.0. The number of hydrogen-bond donors (Lipinski definition) is 0. The molecule has 4 aliphatic rings. The Kier molecular flexibility index (Phi) is 24.6. The van der Waals surface area contributed by atoms with E-state index < -0.39 is 0 Å². The van der Waals surface area contributed by atoms with Crippen molar-refractivity contribution in [3.05, 3.63) is 188 Å². The molecule has 0 saturated carbocycles. The average Bonchev–Trinajstić information content (AvgIpc) is 1.56. The first-order valence-corrected chi connectivity index (χ1v) is 37.5. The quantitative estimate of drug-likeness (QED) is 0.0379. The highest BCUT2D eigenvalue weighted by Crippen LogP contribution is 2.64. The van der Waals surface area contributed by atoms with Gasteiger partial charge in [0.15, 0.2) is 0 Å². The van der Waals surface area contributed by atoms with Gasteiger partial charge in [0.05, 0.1) is 6.04 Å². The summed E-state index contributed by atoms with van der Waals surface area (Å²) in [7, 11) is 0. The maximum absolute atomic E-state index is 3.86. The maximum atomic E-state index is 3.86. The van der Waals surface area contributed by atoms with E-state index in [0.717, 1.165) is 10.9 Å². The molecule has 474 valence electrons. The third-order valence-electron chi connectivity index (χ3n) is 21.1. The van der Waals surface area contributed by atoms with Crippen molar-refractivity contribution in [2.24, 2.45) is 5.92 Å². The van der Waals surface area contributed by atoms with Crippen LogP contribution in [0, 0.1) is 5.92 Å². The second-order valence-electron chi connectivity index (χ2n) is 29.6. The number of benzene rings is 5. The molecule has 0 radical (unpaired) electrons. The van der Waals surface area contributed by atoms with Crippen LogP contribution in [0.25, 0.3) is 11.1 Å². The van der Waals surface area contributed by atoms with Crippen molar-refractivity contribution >= 4 is 54.6 Å². The standard InChI is InChI=1S/C84H114Br2N2/c1-11-15-19-23-27-31-55-83(56-32-28-24-20-16-12-2)77-59-71(87(69-47-39-65(85)40-48-69)67-43-35-63(36-44-67)81(5,6)7)51-53-73(77)75-62-80-76(61-79(75)83)74-54-52-72(88(70-49-41-66(86)42-50-70)68-45-37-64(38-46-68)82(8,9)10)60-78(74)84(80,57-33-29-25-21-17-13-3)58-34-30-26-22-18-14-4/h35-49,51-54,59-62,70,74,78H,11-34,50,55-58H2,1-10H3. The molecule has 5 aromatic rings. The third-order valence-corrected chi connectivity index (χ3v) is 22.2. The smallest absolute Gasteiger partial charge is 0.0560 e. The van der Waals surface area contributed by atoms with Crippen molar-refractivity contribution in [3.63, 3.8) is 0 Å². The van der Waals surface area contributed by atoms with Crippen LogP contribution in [-0.4, -0.2) is 6.04 Å². The van der Waals surface area contributed by atoms with Crippen LogP contribution in [0.15, 0.2) is 154 Å². The molecule has 4 aliphatic carbocycles. The minimum atomic E-state index is -0.0868. The van der Waals surface area contributed by atoms with Crippen LogP contribution in [-0.2, 0) is 21.7 Å². The summed E-state index contributed by atoms with van der Waals surface area (Å²) in [5, 5.41) is 0. The third kappa shape index (κ3) is 16.1. The minimum absolute atomic E-state index is 0.0230. The van der Waals surface area contributed by atoms with Gasteiger partial charge in [0.1, 0.15) is 0 Å². The van der Waals surface area contributed by atoms with E-state index >= 15 is 0 Å². The number of rotatable bonds is 34. The molecular formula is C84H114Br2N2. The number of fused-ring (bicyclic) bond motifs is 6. The zero-order valence-electron chi connectivity index (χ0n) is 56.7. The fraction of sp³-hybridized carbons (Fsp3) is 0.548. The summed E-state index contributed by atoms with van der Waals surface area (Å²) < 4.78 is 2.29. The summed E-state index contributed by atoms with van der Waals surface area (Å²) in [6, 6.07) is 42.0. The Hall–Kier alpha value is -4.38. The Morgan fingerprint density at radius 2 is 0.898 bits per heavy atom. The Balaban J connectivity index is 1.25. The van der Waals surface area contributed by atoms with Gasteiger partial charge < -0.3 is 9.80 Å². The van der Waals surface area contributed by atoms with Gasteiger partial charge in [-0.25, -0.2) is 0 Å². The molecule has 3 unspecified atom stereocenters. The van der Waals surface area contributed by atoms with Crippen LogP contribution in [0.1, 0.15) is 295 Å². The summed E-state index contributed by atoms with van der Waals surface area (Å²) in [6.07, 6.45) is 52.8. The van der Waals surface area contributed by atoms with Crippen LogP contribution < -0.4 is 9.80 Å². The highest BCUT2D eigenvalue weighted by molar-refractivity contribution is 9.12. The molecule has 0 amide bonds. The van der Waals surface area contributed by atoms with Gasteiger partial charge >= 0.3 is 0 Å². The highest BCUT2D eigenvalue weighted by atomic mass is 79.9. The van der Waals surface area contributed by atoms with Crippen molar-refractivity contribution in [2.75, 3.05) is 9.80 Å². The monoisotopic (exact) mass is 1310 g/mol. The zero-order valence-corrected chi connectivity index (χ0v) is 59.8. The van der Waals surface area contributed by atoms with Gasteiger partial charge in [0, 0.05) is 54.1 Å². The summed E-state index contributed by atoms with van der Waals surface area (Å²) >= 11 is 7.67. The van der Waals surface area contributed by atoms with Gasteiger partial charge in [-0.05, 0) is 166 Å². The van der Waals surface area contributed by atoms with E-state index in [4.69, 9.17) is 0 Å². The Morgan fingerprint density at radius 1 is 0.443 bits per heavy atom. The van der Waals surface area contributed by atoms with E-state index in [1.807, 2.05) is 0 Å². The SMILES string of the molecule is CCCCCCCCC1(CCCCCCCC)c2cc(N(c3ccc(Br)cc3)c3ccc(C(C)(C)C)cc3)ccc2-c2cc3c(cc21)C1C=CC(N(c2ccc(C(C)(C)C)cc2)C2C=CC(Br)=CC2)=CC1C3(CCCCCCCC)CCCCCCCC. The van der Waals surface area contributed by atoms with Gasteiger partial charge in [-0.3, -0.25) is 0 Å². The van der Waals surface area contributed by atoms with E-state index in [-0.39, 0.29) is 27.7 Å². The van der Waals surface area contributed by atoms with Gasteiger partial charge in [-0.15, -0.1) is 0 Å². The molecular weight excluding hydrogens is 1200 g/mol. The minimum Gasteiger partial charge on any atom is -0.335 e. The molecule has 0 bridgehead atoms.